The van der Waals surface area contributed by atoms with Crippen molar-refractivity contribution in [2.45, 2.75) is 25.8 Å². The molecule has 0 unspecified atom stereocenters. The highest BCUT2D eigenvalue weighted by molar-refractivity contribution is 5.92. The van der Waals surface area contributed by atoms with Gasteiger partial charge in [0.2, 0.25) is 0 Å². The summed E-state index contributed by atoms with van der Waals surface area (Å²) in [4.78, 5) is 18.6. The molecule has 0 bridgehead atoms. The van der Waals surface area contributed by atoms with Gasteiger partial charge in [0.05, 0.1) is 19.1 Å². The molecule has 2 atom stereocenters. The topological polar surface area (TPSA) is 51.3 Å². The molecule has 128 valence electrons. The Balaban J connectivity index is 1.49. The van der Waals surface area contributed by atoms with Crippen LogP contribution in [0.5, 0.6) is 0 Å². The van der Waals surface area contributed by atoms with Gasteiger partial charge in [-0.3, -0.25) is 9.36 Å². The molecule has 0 radical (unpaired) electrons. The zero-order valence-corrected chi connectivity index (χ0v) is 14.4. The molecule has 1 aromatic carbocycles. The van der Waals surface area contributed by atoms with Crippen LogP contribution in [0.15, 0.2) is 59.4 Å². The third kappa shape index (κ3) is 3.09. The number of furan rings is 1. The second kappa shape index (κ2) is 6.24. The van der Waals surface area contributed by atoms with Gasteiger partial charge in [-0.25, -0.2) is 4.98 Å². The zero-order valence-electron chi connectivity index (χ0n) is 14.4. The molecule has 1 aliphatic rings. The second-order valence-corrected chi connectivity index (χ2v) is 6.77. The van der Waals surface area contributed by atoms with Crippen LogP contribution in [0.1, 0.15) is 41.3 Å². The molecule has 0 N–H and O–H groups in total. The number of imidazole rings is 1. The maximum atomic E-state index is 12.8. The first-order chi connectivity index (χ1) is 12.1. The van der Waals surface area contributed by atoms with Crippen molar-refractivity contribution in [3.05, 3.63) is 72.2 Å². The van der Waals surface area contributed by atoms with Crippen LogP contribution in [0.4, 0.5) is 0 Å². The maximum absolute atomic E-state index is 12.8. The smallest absolute Gasteiger partial charge is 0.272 e. The quantitative estimate of drug-likeness (QED) is 0.711. The Morgan fingerprint density at radius 1 is 1.28 bits per heavy atom. The Morgan fingerprint density at radius 3 is 2.76 bits per heavy atom. The van der Waals surface area contributed by atoms with E-state index < -0.39 is 0 Å². The van der Waals surface area contributed by atoms with Crippen molar-refractivity contribution < 1.29 is 9.21 Å². The second-order valence-electron chi connectivity index (χ2n) is 6.77. The molecule has 5 nitrogen and oxygen atoms in total. The molecule has 1 amide bonds. The van der Waals surface area contributed by atoms with E-state index in [1.165, 1.54) is 6.42 Å². The number of hydrogen-bond acceptors (Lipinski definition) is 3. The zero-order chi connectivity index (χ0) is 17.4. The minimum atomic E-state index is -0.0842. The minimum absolute atomic E-state index is 0.0842. The van der Waals surface area contributed by atoms with Gasteiger partial charge in [0, 0.05) is 18.7 Å². The van der Waals surface area contributed by atoms with E-state index in [0.717, 1.165) is 17.2 Å². The van der Waals surface area contributed by atoms with Gasteiger partial charge in [-0.05, 0) is 36.6 Å². The monoisotopic (exact) mass is 335 g/mol. The van der Waals surface area contributed by atoms with E-state index in [2.05, 4.69) is 11.9 Å². The summed E-state index contributed by atoms with van der Waals surface area (Å²) in [5, 5.41) is 0. The predicted molar refractivity (Wildman–Crippen MR) is 94.6 cm³/mol. The van der Waals surface area contributed by atoms with Crippen molar-refractivity contribution in [2.75, 3.05) is 7.05 Å². The van der Waals surface area contributed by atoms with Crippen LogP contribution in [0.3, 0.4) is 0 Å². The maximum Gasteiger partial charge on any atom is 0.272 e. The number of benzene rings is 1. The van der Waals surface area contributed by atoms with Gasteiger partial charge in [-0.1, -0.05) is 25.1 Å². The first kappa shape index (κ1) is 15.7. The lowest BCUT2D eigenvalue weighted by Gasteiger charge is -2.17. The van der Waals surface area contributed by atoms with E-state index in [1.54, 1.807) is 29.0 Å². The number of hydrogen-bond donors (Lipinski definition) is 0. The van der Waals surface area contributed by atoms with Crippen LogP contribution < -0.4 is 0 Å². The fraction of sp³-hybridized carbons (Fsp3) is 0.300. The lowest BCUT2D eigenvalue weighted by molar-refractivity contribution is 0.0767. The summed E-state index contributed by atoms with van der Waals surface area (Å²) in [5.74, 6) is 3.03. The summed E-state index contributed by atoms with van der Waals surface area (Å²) in [6, 6.07) is 13.7. The lowest BCUT2D eigenvalue weighted by atomic mass is 10.3. The number of rotatable bonds is 5. The summed E-state index contributed by atoms with van der Waals surface area (Å²) in [5.41, 5.74) is 1.45. The number of amides is 1. The predicted octanol–water partition coefficient (Wildman–Crippen LogP) is 3.86. The molecule has 25 heavy (non-hydrogen) atoms. The molecule has 3 aromatic rings. The van der Waals surface area contributed by atoms with Crippen LogP contribution in [0.25, 0.3) is 5.69 Å². The first-order valence-electron chi connectivity index (χ1n) is 8.55. The van der Waals surface area contributed by atoms with Crippen LogP contribution in [0.2, 0.25) is 0 Å². The number of carbonyl (C=O) groups excluding carboxylic acids is 1. The van der Waals surface area contributed by atoms with Gasteiger partial charge in [0.15, 0.2) is 0 Å². The van der Waals surface area contributed by atoms with E-state index in [0.29, 0.717) is 24.1 Å². The fourth-order valence-electron chi connectivity index (χ4n) is 3.15. The van der Waals surface area contributed by atoms with Gasteiger partial charge in [0.1, 0.15) is 17.2 Å². The highest BCUT2D eigenvalue weighted by atomic mass is 16.3. The number of aromatic nitrogens is 2. The molecule has 4 rings (SSSR count). The molecule has 2 aromatic heterocycles. The van der Waals surface area contributed by atoms with Crippen molar-refractivity contribution in [2.24, 2.45) is 5.92 Å². The molecule has 0 aliphatic heterocycles. The molecular weight excluding hydrogens is 314 g/mol. The molecule has 1 saturated carbocycles. The molecular formula is C20H21N3O2. The van der Waals surface area contributed by atoms with Crippen molar-refractivity contribution in [1.29, 1.82) is 0 Å². The van der Waals surface area contributed by atoms with E-state index >= 15 is 0 Å². The van der Waals surface area contributed by atoms with Crippen LogP contribution in [-0.4, -0.2) is 27.4 Å². The minimum Gasteiger partial charge on any atom is -0.464 e. The van der Waals surface area contributed by atoms with E-state index in [1.807, 2.05) is 42.5 Å². The Bertz CT molecular complexity index is 881. The van der Waals surface area contributed by atoms with E-state index in [-0.39, 0.29) is 5.91 Å². The van der Waals surface area contributed by atoms with Gasteiger partial charge < -0.3 is 9.32 Å². The van der Waals surface area contributed by atoms with Crippen molar-refractivity contribution >= 4 is 5.91 Å². The van der Waals surface area contributed by atoms with Crippen molar-refractivity contribution in [3.8, 4) is 5.69 Å². The Labute approximate surface area is 146 Å². The average Bonchev–Trinajstić information content (AvgIpc) is 3.05. The van der Waals surface area contributed by atoms with Crippen molar-refractivity contribution in [1.82, 2.24) is 14.5 Å². The largest absolute Gasteiger partial charge is 0.464 e. The summed E-state index contributed by atoms with van der Waals surface area (Å²) in [7, 11) is 1.78. The Morgan fingerprint density at radius 2 is 2.04 bits per heavy atom. The summed E-state index contributed by atoms with van der Waals surface area (Å²) < 4.78 is 7.72. The third-order valence-electron chi connectivity index (χ3n) is 4.79. The van der Waals surface area contributed by atoms with Crippen LogP contribution in [0, 0.1) is 5.92 Å². The summed E-state index contributed by atoms with van der Waals surface area (Å²) in [6.07, 6.45) is 4.46. The Kier molecular flexibility index (Phi) is 3.92. The third-order valence-corrected chi connectivity index (χ3v) is 4.79. The highest BCUT2D eigenvalue weighted by Gasteiger charge is 2.36. The first-order valence-corrected chi connectivity index (χ1v) is 8.55. The van der Waals surface area contributed by atoms with Crippen molar-refractivity contribution in [3.63, 3.8) is 0 Å². The molecule has 0 saturated heterocycles. The molecule has 2 heterocycles. The van der Waals surface area contributed by atoms with Gasteiger partial charge >= 0.3 is 0 Å². The van der Waals surface area contributed by atoms with Crippen LogP contribution >= 0.6 is 0 Å². The summed E-state index contributed by atoms with van der Waals surface area (Å²) in [6.45, 7) is 2.67. The molecule has 0 spiro atoms. The number of carbonyl (C=O) groups is 1. The van der Waals surface area contributed by atoms with E-state index in [9.17, 15) is 4.79 Å². The lowest BCUT2D eigenvalue weighted by Crippen LogP contribution is -2.27. The Hall–Kier alpha value is -2.82. The van der Waals surface area contributed by atoms with Gasteiger partial charge in [-0.15, -0.1) is 0 Å². The fourth-order valence-corrected chi connectivity index (χ4v) is 3.15. The number of nitrogens with zero attached hydrogens (tertiary/aromatic N) is 3. The van der Waals surface area contributed by atoms with E-state index in [4.69, 9.17) is 4.42 Å². The normalized spacial score (nSPS) is 19.0. The van der Waals surface area contributed by atoms with Gasteiger partial charge in [-0.2, -0.15) is 0 Å². The average molecular weight is 335 g/mol. The standard InChI is InChI=1S/C20H21N3O2/c1-14-10-17(14)19-9-8-16(25-19)12-22(2)20(24)18-11-21-13-23(18)15-6-4-3-5-7-15/h3-9,11,13-14,17H,10,12H2,1-2H3/t14-,17-/m1/s1. The molecule has 1 aliphatic carbocycles. The van der Waals surface area contributed by atoms with Crippen LogP contribution in [-0.2, 0) is 6.54 Å². The molecule has 5 heteroatoms. The highest BCUT2D eigenvalue weighted by Crippen LogP contribution is 2.47. The SMILES string of the molecule is C[C@@H]1C[C@H]1c1ccc(CN(C)C(=O)c2cncn2-c2ccccc2)o1. The molecule has 1 fully saturated rings. The number of para-hydroxylation sites is 1. The van der Waals surface area contributed by atoms with Gasteiger partial charge in [0.25, 0.3) is 5.91 Å². The summed E-state index contributed by atoms with van der Waals surface area (Å²) >= 11 is 0.